The summed E-state index contributed by atoms with van der Waals surface area (Å²) >= 11 is 0. The Balaban J connectivity index is 2.94. The third-order valence-corrected chi connectivity index (χ3v) is 3.42. The summed E-state index contributed by atoms with van der Waals surface area (Å²) in [4.78, 5) is 7.43. The van der Waals surface area contributed by atoms with Crippen LogP contribution in [0.3, 0.4) is 0 Å². The van der Waals surface area contributed by atoms with Crippen LogP contribution in [0.4, 0.5) is 0 Å². The van der Waals surface area contributed by atoms with E-state index >= 15 is 0 Å². The maximum absolute atomic E-state index is 11.9. The Morgan fingerprint density at radius 3 is 2.18 bits per heavy atom. The summed E-state index contributed by atoms with van der Waals surface area (Å²) in [6.07, 6.45) is 0. The van der Waals surface area contributed by atoms with Gasteiger partial charge in [-0.2, -0.15) is 0 Å². The minimum Gasteiger partial charge on any atom is -0.281 e. The van der Waals surface area contributed by atoms with Gasteiger partial charge >= 0.3 is 0 Å². The van der Waals surface area contributed by atoms with Crippen LogP contribution >= 0.6 is 0 Å². The molecule has 0 amide bonds. The molecule has 17 heavy (non-hydrogen) atoms. The lowest BCUT2D eigenvalue weighted by Crippen LogP contribution is -2.33. The van der Waals surface area contributed by atoms with Gasteiger partial charge in [-0.3, -0.25) is 4.84 Å². The molecule has 0 heterocycles. The molecule has 0 saturated carbocycles. The summed E-state index contributed by atoms with van der Waals surface area (Å²) in [6, 6.07) is 4.97. The zero-order valence-corrected chi connectivity index (χ0v) is 11.7. The smallest absolute Gasteiger partial charge is 0.262 e. The Labute approximate surface area is 103 Å². The first kappa shape index (κ1) is 14.2. The highest BCUT2D eigenvalue weighted by atomic mass is 32.2. The molecular weight excluding hydrogens is 238 g/mol. The van der Waals surface area contributed by atoms with Crippen molar-refractivity contribution in [3.63, 3.8) is 0 Å². The maximum atomic E-state index is 11.9. The third-order valence-electron chi connectivity index (χ3n) is 2.25. The molecule has 0 aliphatic heterocycles. The van der Waals surface area contributed by atoms with Crippen molar-refractivity contribution in [1.29, 1.82) is 0 Å². The van der Waals surface area contributed by atoms with Gasteiger partial charge in [0.05, 0.1) is 10.5 Å². The average Bonchev–Trinajstić information content (AvgIpc) is 2.18. The summed E-state index contributed by atoms with van der Waals surface area (Å²) in [5.74, 6) is 0. The molecule has 0 saturated heterocycles. The van der Waals surface area contributed by atoms with Gasteiger partial charge in [0.2, 0.25) is 0 Å². The second kappa shape index (κ2) is 4.76. The Bertz CT molecular complexity index is 501. The minimum absolute atomic E-state index is 0.213. The van der Waals surface area contributed by atoms with Gasteiger partial charge in [0.15, 0.2) is 0 Å². The molecule has 0 atom stereocenters. The van der Waals surface area contributed by atoms with E-state index in [4.69, 9.17) is 4.84 Å². The second-order valence-electron chi connectivity index (χ2n) is 5.05. The fourth-order valence-electron chi connectivity index (χ4n) is 1.11. The molecule has 0 aromatic heterocycles. The summed E-state index contributed by atoms with van der Waals surface area (Å²) in [5.41, 5.74) is 1.43. The first-order chi connectivity index (χ1) is 7.62. The van der Waals surface area contributed by atoms with Crippen molar-refractivity contribution in [2.24, 2.45) is 0 Å². The van der Waals surface area contributed by atoms with Crippen LogP contribution in [-0.4, -0.2) is 14.0 Å². The van der Waals surface area contributed by atoms with E-state index in [-0.39, 0.29) is 4.90 Å². The van der Waals surface area contributed by atoms with Gasteiger partial charge in [0.1, 0.15) is 0 Å². The molecular formula is C12H19NO3S. The van der Waals surface area contributed by atoms with Crippen molar-refractivity contribution >= 4 is 10.0 Å². The van der Waals surface area contributed by atoms with Crippen molar-refractivity contribution in [3.8, 4) is 0 Å². The molecule has 1 N–H and O–H groups in total. The van der Waals surface area contributed by atoms with Gasteiger partial charge in [-0.05, 0) is 57.9 Å². The summed E-state index contributed by atoms with van der Waals surface area (Å²) in [7, 11) is -3.60. The van der Waals surface area contributed by atoms with Crippen molar-refractivity contribution in [3.05, 3.63) is 29.3 Å². The summed E-state index contributed by atoms with van der Waals surface area (Å²) in [5, 5.41) is 0. The van der Waals surface area contributed by atoms with Crippen LogP contribution in [0, 0.1) is 13.8 Å². The minimum atomic E-state index is -3.60. The van der Waals surface area contributed by atoms with Gasteiger partial charge in [-0.25, -0.2) is 8.42 Å². The predicted octanol–water partition coefficient (Wildman–Crippen LogP) is 2.31. The Kier molecular flexibility index (Phi) is 3.96. The fraction of sp³-hybridized carbons (Fsp3) is 0.500. The Hall–Kier alpha value is -0.910. The molecule has 0 radical (unpaired) electrons. The lowest BCUT2D eigenvalue weighted by molar-refractivity contribution is -0.0357. The van der Waals surface area contributed by atoms with Crippen LogP contribution in [0.5, 0.6) is 0 Å². The zero-order valence-electron chi connectivity index (χ0n) is 10.9. The number of aryl methyl sites for hydroxylation is 2. The number of nitrogens with one attached hydrogen (secondary N) is 1. The monoisotopic (exact) mass is 257 g/mol. The molecule has 0 bridgehead atoms. The number of rotatable bonds is 3. The molecule has 0 aliphatic carbocycles. The molecule has 1 rings (SSSR count). The van der Waals surface area contributed by atoms with E-state index in [0.29, 0.717) is 0 Å². The van der Waals surface area contributed by atoms with Crippen molar-refractivity contribution in [2.75, 3.05) is 0 Å². The van der Waals surface area contributed by atoms with Crippen molar-refractivity contribution in [2.45, 2.75) is 45.1 Å². The summed E-state index contributed by atoms with van der Waals surface area (Å²) in [6.45, 7) is 9.13. The quantitative estimate of drug-likeness (QED) is 0.845. The molecule has 0 fully saturated rings. The molecule has 5 heteroatoms. The van der Waals surface area contributed by atoms with Crippen molar-refractivity contribution < 1.29 is 13.3 Å². The van der Waals surface area contributed by atoms with Gasteiger partial charge in [0, 0.05) is 0 Å². The first-order valence-electron chi connectivity index (χ1n) is 5.39. The number of hydrogen-bond donors (Lipinski definition) is 1. The standard InChI is InChI=1S/C12H19NO3S/c1-9-6-7-11(8-10(9)2)17(14,15)13-16-12(3,4)5/h6-8,13H,1-5H3. The van der Waals surface area contributed by atoms with Crippen LogP contribution < -0.4 is 4.89 Å². The van der Waals surface area contributed by atoms with Crippen LogP contribution in [0.1, 0.15) is 31.9 Å². The molecule has 0 unspecified atom stereocenters. The zero-order chi connectivity index (χ0) is 13.3. The highest BCUT2D eigenvalue weighted by Gasteiger charge is 2.19. The number of benzene rings is 1. The Morgan fingerprint density at radius 2 is 1.71 bits per heavy atom. The number of hydrogen-bond acceptors (Lipinski definition) is 3. The fourth-order valence-corrected chi connectivity index (χ4v) is 2.14. The molecule has 1 aromatic carbocycles. The van der Waals surface area contributed by atoms with Gasteiger partial charge in [0.25, 0.3) is 10.0 Å². The van der Waals surface area contributed by atoms with E-state index in [9.17, 15) is 8.42 Å². The lowest BCUT2D eigenvalue weighted by Gasteiger charge is -2.19. The van der Waals surface area contributed by atoms with E-state index in [1.54, 1.807) is 39.0 Å². The summed E-state index contributed by atoms with van der Waals surface area (Å²) < 4.78 is 23.8. The average molecular weight is 257 g/mol. The third kappa shape index (κ3) is 4.11. The Morgan fingerprint density at radius 1 is 1.12 bits per heavy atom. The SMILES string of the molecule is Cc1ccc(S(=O)(=O)NOC(C)(C)C)cc1C. The van der Waals surface area contributed by atoms with Crippen molar-refractivity contribution in [1.82, 2.24) is 4.89 Å². The van der Waals surface area contributed by atoms with Gasteiger partial charge in [-0.1, -0.05) is 11.0 Å². The highest BCUT2D eigenvalue weighted by molar-refractivity contribution is 7.89. The maximum Gasteiger partial charge on any atom is 0.262 e. The lowest BCUT2D eigenvalue weighted by atomic mass is 10.1. The van der Waals surface area contributed by atoms with E-state index < -0.39 is 15.6 Å². The van der Waals surface area contributed by atoms with Gasteiger partial charge < -0.3 is 0 Å². The second-order valence-corrected chi connectivity index (χ2v) is 6.69. The van der Waals surface area contributed by atoms with Crippen LogP contribution in [-0.2, 0) is 14.9 Å². The van der Waals surface area contributed by atoms with E-state index in [1.807, 2.05) is 13.8 Å². The first-order valence-corrected chi connectivity index (χ1v) is 6.87. The largest absolute Gasteiger partial charge is 0.281 e. The van der Waals surface area contributed by atoms with Crippen LogP contribution in [0.2, 0.25) is 0 Å². The number of sulfonamides is 1. The van der Waals surface area contributed by atoms with Crippen LogP contribution in [0.25, 0.3) is 0 Å². The molecule has 4 nitrogen and oxygen atoms in total. The van der Waals surface area contributed by atoms with Crippen LogP contribution in [0.15, 0.2) is 23.1 Å². The molecule has 1 aromatic rings. The molecule has 0 aliphatic rings. The van der Waals surface area contributed by atoms with E-state index in [2.05, 4.69) is 4.89 Å². The predicted molar refractivity (Wildman–Crippen MR) is 67.1 cm³/mol. The molecule has 96 valence electrons. The van der Waals surface area contributed by atoms with E-state index in [1.165, 1.54) is 0 Å². The van der Waals surface area contributed by atoms with Gasteiger partial charge in [-0.15, -0.1) is 0 Å². The normalized spacial score (nSPS) is 12.8. The highest BCUT2D eigenvalue weighted by Crippen LogP contribution is 2.15. The topological polar surface area (TPSA) is 55.4 Å². The molecule has 0 spiro atoms. The van der Waals surface area contributed by atoms with E-state index in [0.717, 1.165) is 11.1 Å².